The van der Waals surface area contributed by atoms with Crippen LogP contribution in [0.5, 0.6) is 5.75 Å². The standard InChI is InChI=1S/C19H22FNO3/c1-13-9-14(2)11-21(10-13)19(22)18-8-7-17(24-18)12-23-16-5-3-15(20)4-6-16/h3-8,13-14H,9-12H2,1-2H3/t13-,14-/m0/s1. The summed E-state index contributed by atoms with van der Waals surface area (Å²) < 4.78 is 24.0. The second-order valence-electron chi connectivity index (χ2n) is 6.66. The number of carbonyl (C=O) groups excluding carboxylic acids is 1. The van der Waals surface area contributed by atoms with Crippen molar-refractivity contribution in [1.29, 1.82) is 0 Å². The Morgan fingerprint density at radius 1 is 1.17 bits per heavy atom. The molecule has 0 unspecified atom stereocenters. The van der Waals surface area contributed by atoms with Crippen molar-refractivity contribution < 1.29 is 18.3 Å². The zero-order valence-corrected chi connectivity index (χ0v) is 14.0. The lowest BCUT2D eigenvalue weighted by atomic mass is 9.92. The molecular formula is C19H22FNO3. The number of halogens is 1. The molecule has 1 aliphatic heterocycles. The Labute approximate surface area is 141 Å². The molecule has 0 radical (unpaired) electrons. The summed E-state index contributed by atoms with van der Waals surface area (Å²) in [6.45, 7) is 6.07. The van der Waals surface area contributed by atoms with Gasteiger partial charge in [-0.15, -0.1) is 0 Å². The van der Waals surface area contributed by atoms with E-state index in [1.165, 1.54) is 12.1 Å². The van der Waals surface area contributed by atoms with Gasteiger partial charge < -0.3 is 14.1 Å². The predicted octanol–water partition coefficient (Wildman–Crippen LogP) is 4.12. The normalized spacial score (nSPS) is 20.9. The molecule has 1 fully saturated rings. The van der Waals surface area contributed by atoms with Crippen LogP contribution in [-0.4, -0.2) is 23.9 Å². The summed E-state index contributed by atoms with van der Waals surface area (Å²) in [5.74, 6) is 2.11. The van der Waals surface area contributed by atoms with Crippen molar-refractivity contribution in [1.82, 2.24) is 4.90 Å². The maximum absolute atomic E-state index is 12.9. The zero-order chi connectivity index (χ0) is 17.1. The molecule has 0 aliphatic carbocycles. The third-order valence-corrected chi connectivity index (χ3v) is 4.22. The highest BCUT2D eigenvalue weighted by molar-refractivity contribution is 5.91. The second-order valence-corrected chi connectivity index (χ2v) is 6.66. The van der Waals surface area contributed by atoms with Crippen LogP contribution in [-0.2, 0) is 6.61 Å². The molecule has 128 valence electrons. The van der Waals surface area contributed by atoms with Crippen LogP contribution in [0.4, 0.5) is 4.39 Å². The molecule has 2 heterocycles. The van der Waals surface area contributed by atoms with E-state index in [-0.39, 0.29) is 18.3 Å². The Balaban J connectivity index is 1.60. The van der Waals surface area contributed by atoms with Gasteiger partial charge in [0.15, 0.2) is 5.76 Å². The Hall–Kier alpha value is -2.30. The predicted molar refractivity (Wildman–Crippen MR) is 88.3 cm³/mol. The highest BCUT2D eigenvalue weighted by Gasteiger charge is 2.27. The average Bonchev–Trinajstić information content (AvgIpc) is 3.01. The largest absolute Gasteiger partial charge is 0.486 e. The van der Waals surface area contributed by atoms with E-state index in [1.807, 2.05) is 4.90 Å². The molecule has 1 aromatic carbocycles. The number of benzene rings is 1. The van der Waals surface area contributed by atoms with Crippen LogP contribution in [0.25, 0.3) is 0 Å². The molecule has 3 rings (SSSR count). The number of carbonyl (C=O) groups is 1. The summed E-state index contributed by atoms with van der Waals surface area (Å²) in [5, 5.41) is 0. The minimum atomic E-state index is -0.307. The Kier molecular flexibility index (Phi) is 4.88. The van der Waals surface area contributed by atoms with Crippen LogP contribution < -0.4 is 4.74 Å². The molecule has 1 aliphatic rings. The molecule has 0 N–H and O–H groups in total. The van der Waals surface area contributed by atoms with Gasteiger partial charge in [0.05, 0.1) is 0 Å². The summed E-state index contributed by atoms with van der Waals surface area (Å²) in [6, 6.07) is 9.22. The molecule has 1 amide bonds. The number of hydrogen-bond donors (Lipinski definition) is 0. The summed E-state index contributed by atoms with van der Waals surface area (Å²) in [5.41, 5.74) is 0. The fraction of sp³-hybridized carbons (Fsp3) is 0.421. The minimum Gasteiger partial charge on any atom is -0.486 e. The van der Waals surface area contributed by atoms with Gasteiger partial charge in [-0.05, 0) is 54.7 Å². The van der Waals surface area contributed by atoms with Gasteiger partial charge in [-0.25, -0.2) is 4.39 Å². The Bertz CT molecular complexity index is 685. The van der Waals surface area contributed by atoms with Crippen LogP contribution in [0, 0.1) is 17.7 Å². The average molecular weight is 331 g/mol. The van der Waals surface area contributed by atoms with Gasteiger partial charge in [-0.1, -0.05) is 13.8 Å². The van der Waals surface area contributed by atoms with Gasteiger partial charge in [-0.3, -0.25) is 4.79 Å². The van der Waals surface area contributed by atoms with E-state index in [4.69, 9.17) is 9.15 Å². The second kappa shape index (κ2) is 7.07. The topological polar surface area (TPSA) is 42.7 Å². The first-order chi connectivity index (χ1) is 11.5. The number of rotatable bonds is 4. The lowest BCUT2D eigenvalue weighted by Crippen LogP contribution is -2.42. The Morgan fingerprint density at radius 3 is 2.50 bits per heavy atom. The number of likely N-dealkylation sites (tertiary alicyclic amines) is 1. The SMILES string of the molecule is C[C@H]1C[C@H](C)CN(C(=O)c2ccc(COc3ccc(F)cc3)o2)C1. The molecule has 4 nitrogen and oxygen atoms in total. The van der Waals surface area contributed by atoms with E-state index in [2.05, 4.69) is 13.8 Å². The number of piperidine rings is 1. The first-order valence-electron chi connectivity index (χ1n) is 8.27. The number of amides is 1. The molecule has 5 heteroatoms. The van der Waals surface area contributed by atoms with Crippen molar-refractivity contribution >= 4 is 5.91 Å². The molecule has 1 aromatic heterocycles. The highest BCUT2D eigenvalue weighted by atomic mass is 19.1. The van der Waals surface area contributed by atoms with Gasteiger partial charge in [0, 0.05) is 13.1 Å². The van der Waals surface area contributed by atoms with Crippen LogP contribution in [0.15, 0.2) is 40.8 Å². The minimum absolute atomic E-state index is 0.0681. The third-order valence-electron chi connectivity index (χ3n) is 4.22. The number of nitrogens with zero attached hydrogens (tertiary/aromatic N) is 1. The first-order valence-corrected chi connectivity index (χ1v) is 8.27. The molecule has 0 saturated carbocycles. The fourth-order valence-electron chi connectivity index (χ4n) is 3.24. The van der Waals surface area contributed by atoms with E-state index < -0.39 is 0 Å². The monoisotopic (exact) mass is 331 g/mol. The summed E-state index contributed by atoms with van der Waals surface area (Å²) >= 11 is 0. The van der Waals surface area contributed by atoms with Gasteiger partial charge in [0.2, 0.25) is 0 Å². The lowest BCUT2D eigenvalue weighted by molar-refractivity contribution is 0.0587. The number of hydrogen-bond acceptors (Lipinski definition) is 3. The molecule has 24 heavy (non-hydrogen) atoms. The van der Waals surface area contributed by atoms with Crippen molar-refractivity contribution in [2.24, 2.45) is 11.8 Å². The lowest BCUT2D eigenvalue weighted by Gasteiger charge is -2.34. The first kappa shape index (κ1) is 16.6. The molecule has 0 spiro atoms. The maximum atomic E-state index is 12.9. The van der Waals surface area contributed by atoms with Crippen molar-refractivity contribution in [2.75, 3.05) is 13.1 Å². The van der Waals surface area contributed by atoms with E-state index in [0.29, 0.717) is 29.1 Å². The highest BCUT2D eigenvalue weighted by Crippen LogP contribution is 2.23. The van der Waals surface area contributed by atoms with E-state index in [0.717, 1.165) is 19.5 Å². The Morgan fingerprint density at radius 2 is 1.83 bits per heavy atom. The maximum Gasteiger partial charge on any atom is 0.289 e. The van der Waals surface area contributed by atoms with Crippen molar-refractivity contribution in [3.8, 4) is 5.75 Å². The van der Waals surface area contributed by atoms with Crippen molar-refractivity contribution in [2.45, 2.75) is 26.9 Å². The fourth-order valence-corrected chi connectivity index (χ4v) is 3.24. The van der Waals surface area contributed by atoms with Crippen molar-refractivity contribution in [3.05, 3.63) is 53.7 Å². The smallest absolute Gasteiger partial charge is 0.289 e. The van der Waals surface area contributed by atoms with Crippen LogP contribution >= 0.6 is 0 Å². The number of furan rings is 1. The van der Waals surface area contributed by atoms with E-state index in [1.54, 1.807) is 24.3 Å². The van der Waals surface area contributed by atoms with E-state index in [9.17, 15) is 9.18 Å². The number of ether oxygens (including phenoxy) is 1. The van der Waals surface area contributed by atoms with Gasteiger partial charge >= 0.3 is 0 Å². The molecule has 1 saturated heterocycles. The van der Waals surface area contributed by atoms with Crippen LogP contribution in [0.3, 0.4) is 0 Å². The molecule has 2 atom stereocenters. The quantitative estimate of drug-likeness (QED) is 0.846. The van der Waals surface area contributed by atoms with Crippen molar-refractivity contribution in [3.63, 3.8) is 0 Å². The molecule has 0 bridgehead atoms. The molecule has 2 aromatic rings. The van der Waals surface area contributed by atoms with Crippen LogP contribution in [0.2, 0.25) is 0 Å². The van der Waals surface area contributed by atoms with Gasteiger partial charge in [-0.2, -0.15) is 0 Å². The van der Waals surface area contributed by atoms with E-state index >= 15 is 0 Å². The summed E-state index contributed by atoms with van der Waals surface area (Å²) in [7, 11) is 0. The van der Waals surface area contributed by atoms with Gasteiger partial charge in [0.25, 0.3) is 5.91 Å². The molecular weight excluding hydrogens is 309 g/mol. The van der Waals surface area contributed by atoms with Crippen LogP contribution in [0.1, 0.15) is 36.6 Å². The summed E-state index contributed by atoms with van der Waals surface area (Å²) in [6.07, 6.45) is 1.15. The zero-order valence-electron chi connectivity index (χ0n) is 14.0. The summed E-state index contributed by atoms with van der Waals surface area (Å²) in [4.78, 5) is 14.4. The van der Waals surface area contributed by atoms with Gasteiger partial charge in [0.1, 0.15) is 23.9 Å². The third kappa shape index (κ3) is 3.96.